The highest BCUT2D eigenvalue weighted by molar-refractivity contribution is 6.01. The number of hydrogen-bond donors (Lipinski definition) is 3. The Morgan fingerprint density at radius 3 is 2.47 bits per heavy atom. The summed E-state index contributed by atoms with van der Waals surface area (Å²) in [7, 11) is 0. The number of rotatable bonds is 6. The molecule has 194 valence electrons. The molecule has 0 aliphatic heterocycles. The zero-order valence-corrected chi connectivity index (χ0v) is 21.3. The molecule has 0 saturated heterocycles. The molecule has 6 rings (SSSR count). The number of nitrogens with one attached hydrogen (secondary N) is 3. The van der Waals surface area contributed by atoms with Crippen LogP contribution in [-0.4, -0.2) is 38.4 Å². The second-order valence-electron chi connectivity index (χ2n) is 10.4. The summed E-state index contributed by atoms with van der Waals surface area (Å²) in [6, 6.07) is 11.3. The number of H-pyrrole nitrogens is 1. The number of hydrogen-bond acceptors (Lipinski definition) is 6. The fourth-order valence-corrected chi connectivity index (χ4v) is 5.90. The van der Waals surface area contributed by atoms with Gasteiger partial charge in [0.2, 0.25) is 5.91 Å². The average Bonchev–Trinajstić information content (AvgIpc) is 3.21. The molecule has 2 aromatic carbocycles. The normalized spacial score (nSPS) is 17.7. The summed E-state index contributed by atoms with van der Waals surface area (Å²) in [6.07, 6.45) is 2.47. The first kappa shape index (κ1) is 24.0. The largest absolute Gasteiger partial charge is 0.338 e. The van der Waals surface area contributed by atoms with Gasteiger partial charge in [-0.05, 0) is 91.6 Å². The lowest BCUT2D eigenvalue weighted by atomic mass is 9.82. The lowest BCUT2D eigenvalue weighted by Gasteiger charge is -2.29. The number of aromatic nitrogens is 4. The second kappa shape index (κ2) is 8.90. The van der Waals surface area contributed by atoms with Gasteiger partial charge in [0.1, 0.15) is 17.6 Å². The Labute approximate surface area is 218 Å². The van der Waals surface area contributed by atoms with Gasteiger partial charge < -0.3 is 10.6 Å². The Bertz CT molecular complexity index is 1530. The summed E-state index contributed by atoms with van der Waals surface area (Å²) in [5, 5.41) is 20.5. The van der Waals surface area contributed by atoms with Crippen molar-refractivity contribution in [2.75, 3.05) is 5.32 Å². The fraction of sp³-hybridized carbons (Fsp3) is 0.321. The van der Waals surface area contributed by atoms with E-state index in [1.807, 2.05) is 38.1 Å². The quantitative estimate of drug-likeness (QED) is 0.351. The number of carbonyl (C=O) groups is 2. The Morgan fingerprint density at radius 2 is 1.84 bits per heavy atom. The topological polar surface area (TPSA) is 126 Å². The summed E-state index contributed by atoms with van der Waals surface area (Å²) in [4.78, 5) is 27.0. The lowest BCUT2D eigenvalue weighted by molar-refractivity contribution is -0.118. The van der Waals surface area contributed by atoms with Crippen molar-refractivity contribution in [1.82, 2.24) is 25.8 Å². The van der Waals surface area contributed by atoms with Crippen molar-refractivity contribution < 1.29 is 18.6 Å². The fourth-order valence-electron chi connectivity index (χ4n) is 5.90. The molecule has 38 heavy (non-hydrogen) atoms. The van der Waals surface area contributed by atoms with Crippen molar-refractivity contribution in [1.29, 1.82) is 0 Å². The molecule has 9 nitrogen and oxygen atoms in total. The number of amides is 2. The van der Waals surface area contributed by atoms with Crippen LogP contribution in [-0.2, 0) is 11.2 Å². The van der Waals surface area contributed by atoms with Crippen LogP contribution in [0.3, 0.4) is 0 Å². The van der Waals surface area contributed by atoms with Crippen LogP contribution in [0.2, 0.25) is 0 Å². The molecule has 2 aromatic heterocycles. The molecule has 3 N–H and O–H groups in total. The number of fused-ring (bicyclic) bond motifs is 1. The number of nitrogens with zero attached hydrogens (tertiary/aromatic N) is 3. The lowest BCUT2D eigenvalue weighted by Crippen LogP contribution is -2.49. The van der Waals surface area contributed by atoms with Gasteiger partial charge in [-0.25, -0.2) is 9.02 Å². The van der Waals surface area contributed by atoms with Crippen molar-refractivity contribution in [3.05, 3.63) is 82.2 Å². The molecule has 1 saturated carbocycles. The van der Waals surface area contributed by atoms with E-state index in [4.69, 9.17) is 4.63 Å². The molecule has 1 fully saturated rings. The molecule has 1 unspecified atom stereocenters. The molecular formula is C28H27FN6O3. The van der Waals surface area contributed by atoms with Crippen molar-refractivity contribution >= 4 is 17.5 Å². The van der Waals surface area contributed by atoms with Gasteiger partial charge in [-0.2, -0.15) is 5.10 Å². The second-order valence-corrected chi connectivity index (χ2v) is 10.4. The van der Waals surface area contributed by atoms with E-state index in [0.717, 1.165) is 46.5 Å². The van der Waals surface area contributed by atoms with Crippen molar-refractivity contribution in [3.63, 3.8) is 0 Å². The molecule has 2 aliphatic rings. The van der Waals surface area contributed by atoms with Crippen LogP contribution in [0, 0.1) is 32.0 Å². The van der Waals surface area contributed by atoms with Crippen molar-refractivity contribution in [2.24, 2.45) is 5.41 Å². The Kier molecular flexibility index (Phi) is 5.62. The van der Waals surface area contributed by atoms with E-state index in [2.05, 4.69) is 31.1 Å². The van der Waals surface area contributed by atoms with Gasteiger partial charge in [0.05, 0.1) is 5.69 Å². The monoisotopic (exact) mass is 514 g/mol. The third-order valence-electron chi connectivity index (χ3n) is 7.87. The highest BCUT2D eigenvalue weighted by atomic mass is 19.1. The highest BCUT2D eigenvalue weighted by Gasteiger charge is 2.58. The van der Waals surface area contributed by atoms with Crippen LogP contribution >= 0.6 is 0 Å². The summed E-state index contributed by atoms with van der Waals surface area (Å²) < 4.78 is 18.8. The van der Waals surface area contributed by atoms with E-state index in [0.29, 0.717) is 17.8 Å². The predicted molar refractivity (Wildman–Crippen MR) is 137 cm³/mol. The van der Waals surface area contributed by atoms with E-state index in [-0.39, 0.29) is 28.8 Å². The maximum Gasteiger partial charge on any atom is 0.276 e. The number of aryl methyl sites for hydroxylation is 3. The molecule has 2 amide bonds. The number of benzene rings is 2. The number of carbonyl (C=O) groups excluding carboxylic acids is 2. The van der Waals surface area contributed by atoms with Gasteiger partial charge in [0.25, 0.3) is 5.91 Å². The Morgan fingerprint density at radius 1 is 1.08 bits per heavy atom. The first-order valence-corrected chi connectivity index (χ1v) is 12.6. The van der Waals surface area contributed by atoms with Crippen LogP contribution in [0.1, 0.15) is 57.5 Å². The minimum Gasteiger partial charge on any atom is -0.338 e. The van der Waals surface area contributed by atoms with E-state index < -0.39 is 11.9 Å². The van der Waals surface area contributed by atoms with Crippen LogP contribution in [0.4, 0.5) is 10.1 Å². The van der Waals surface area contributed by atoms with Crippen LogP contribution in [0.5, 0.6) is 0 Å². The summed E-state index contributed by atoms with van der Waals surface area (Å²) >= 11 is 0. The zero-order chi connectivity index (χ0) is 26.6. The van der Waals surface area contributed by atoms with Crippen LogP contribution in [0.25, 0.3) is 11.1 Å². The van der Waals surface area contributed by atoms with Gasteiger partial charge >= 0.3 is 0 Å². The SMILES string of the molecule is Cc1nonc1C(=O)N[C@H](C(=O)Nc1ccc(-c2c(C)n[nH]c2C)cc1)C1c2ccc(F)cc2CC12CC2. The van der Waals surface area contributed by atoms with Crippen molar-refractivity contribution in [3.8, 4) is 11.1 Å². The maximum atomic E-state index is 14.1. The molecular weight excluding hydrogens is 487 g/mol. The first-order valence-electron chi connectivity index (χ1n) is 12.6. The number of halogens is 1. The van der Waals surface area contributed by atoms with Crippen LogP contribution < -0.4 is 10.6 Å². The molecule has 10 heteroatoms. The third kappa shape index (κ3) is 4.06. The Hall–Kier alpha value is -4.34. The van der Waals surface area contributed by atoms with Crippen LogP contribution in [0.15, 0.2) is 47.1 Å². The number of aromatic amines is 1. The molecule has 2 heterocycles. The molecule has 2 aliphatic carbocycles. The predicted octanol–water partition coefficient (Wildman–Crippen LogP) is 4.38. The van der Waals surface area contributed by atoms with E-state index in [1.165, 1.54) is 12.1 Å². The summed E-state index contributed by atoms with van der Waals surface area (Å²) in [5.74, 6) is -1.52. The molecule has 4 aromatic rings. The highest BCUT2D eigenvalue weighted by Crippen LogP contribution is 2.64. The minimum atomic E-state index is -0.911. The average molecular weight is 515 g/mol. The Balaban J connectivity index is 1.32. The smallest absolute Gasteiger partial charge is 0.276 e. The maximum absolute atomic E-state index is 14.1. The van der Waals surface area contributed by atoms with Gasteiger partial charge in [-0.1, -0.05) is 23.4 Å². The van der Waals surface area contributed by atoms with Gasteiger partial charge in [0, 0.05) is 22.9 Å². The van der Waals surface area contributed by atoms with Crippen molar-refractivity contribution in [2.45, 2.75) is 52.0 Å². The standard InChI is InChI=1S/C28H27FN6O3/c1-14-22(15(2)33-32-14)17-4-7-20(8-5-17)30-27(37)25(31-26(36)24-16(3)34-38-35-24)23-21-9-6-19(29)12-18(21)13-28(23)10-11-28/h4-9,12,23,25H,10-11,13H2,1-3H3,(H,30,37)(H,31,36)(H,32,33)/t23?,25-/m0/s1. The van der Waals surface area contributed by atoms with E-state index in [9.17, 15) is 14.0 Å². The molecule has 2 atom stereocenters. The molecule has 0 bridgehead atoms. The summed E-state index contributed by atoms with van der Waals surface area (Å²) in [6.45, 7) is 5.51. The molecule has 1 spiro atoms. The minimum absolute atomic E-state index is 0.0279. The summed E-state index contributed by atoms with van der Waals surface area (Å²) in [5.41, 5.74) is 6.40. The van der Waals surface area contributed by atoms with Gasteiger partial charge in [0.15, 0.2) is 5.69 Å². The zero-order valence-electron chi connectivity index (χ0n) is 21.3. The van der Waals surface area contributed by atoms with Gasteiger partial charge in [-0.15, -0.1) is 0 Å². The molecule has 0 radical (unpaired) electrons. The third-order valence-corrected chi connectivity index (χ3v) is 7.87. The van der Waals surface area contributed by atoms with Gasteiger partial charge in [-0.3, -0.25) is 14.7 Å². The first-order chi connectivity index (χ1) is 18.3. The van der Waals surface area contributed by atoms with E-state index >= 15 is 0 Å². The number of anilines is 1. The van der Waals surface area contributed by atoms with E-state index in [1.54, 1.807) is 13.0 Å².